The number of fused-ring (bicyclic) bond motifs is 1. The van der Waals surface area contributed by atoms with Gasteiger partial charge in [0.25, 0.3) is 0 Å². The maximum Gasteiger partial charge on any atom is 0.178 e. The summed E-state index contributed by atoms with van der Waals surface area (Å²) in [5, 5.41) is 0. The molecule has 2 unspecified atom stereocenters. The molecule has 0 spiro atoms. The maximum atomic E-state index is 11.6. The van der Waals surface area contributed by atoms with E-state index < -0.39 is 11.4 Å². The number of allylic oxidation sites excluding steroid dienone is 1. The second kappa shape index (κ2) is 4.17. The van der Waals surface area contributed by atoms with Crippen molar-refractivity contribution >= 4 is 11.4 Å². The van der Waals surface area contributed by atoms with Crippen LogP contribution in [0.15, 0.2) is 41.3 Å². The van der Waals surface area contributed by atoms with Gasteiger partial charge in [0, 0.05) is 5.56 Å². The van der Waals surface area contributed by atoms with Crippen LogP contribution in [0.4, 0.5) is 0 Å². The summed E-state index contributed by atoms with van der Waals surface area (Å²) < 4.78 is 14.7. The lowest BCUT2D eigenvalue weighted by Crippen LogP contribution is -2.19. The highest BCUT2D eigenvalue weighted by atomic mass is 32.2. The van der Waals surface area contributed by atoms with Gasteiger partial charge in [-0.1, -0.05) is 30.4 Å². The average molecular weight is 207 g/mol. The van der Waals surface area contributed by atoms with Gasteiger partial charge in [-0.25, -0.2) is 0 Å². The lowest BCUT2D eigenvalue weighted by atomic mass is 10.0. The van der Waals surface area contributed by atoms with Crippen LogP contribution in [0.1, 0.15) is 24.9 Å². The molecule has 1 heterocycles. The molecule has 2 rings (SSSR count). The van der Waals surface area contributed by atoms with Crippen LogP contribution < -0.4 is 4.72 Å². The zero-order valence-electron chi connectivity index (χ0n) is 8.07. The van der Waals surface area contributed by atoms with Crippen molar-refractivity contribution in [2.24, 2.45) is 0 Å². The zero-order chi connectivity index (χ0) is 9.97. The Hall–Kier alpha value is -0.770. The molecule has 0 saturated carbocycles. The van der Waals surface area contributed by atoms with E-state index in [0.717, 1.165) is 11.3 Å². The summed E-state index contributed by atoms with van der Waals surface area (Å²) in [6, 6.07) is 8.10. The van der Waals surface area contributed by atoms with E-state index in [1.54, 1.807) is 0 Å². The van der Waals surface area contributed by atoms with Crippen molar-refractivity contribution in [3.8, 4) is 0 Å². The van der Waals surface area contributed by atoms with Gasteiger partial charge in [-0.15, -0.1) is 4.72 Å². The SMILES string of the molecule is CC=CCC1N[S+]([O-])c2ccccc21. The number of hydrogen-bond acceptors (Lipinski definition) is 2. The Kier molecular flexibility index (Phi) is 2.91. The summed E-state index contributed by atoms with van der Waals surface area (Å²) in [6.07, 6.45) is 5.02. The number of rotatable bonds is 2. The Labute approximate surface area is 87.3 Å². The topological polar surface area (TPSA) is 35.1 Å². The summed E-state index contributed by atoms with van der Waals surface area (Å²) >= 11 is -1.02. The third-order valence-electron chi connectivity index (χ3n) is 2.35. The van der Waals surface area contributed by atoms with Crippen molar-refractivity contribution in [3.63, 3.8) is 0 Å². The van der Waals surface area contributed by atoms with Crippen molar-refractivity contribution in [3.05, 3.63) is 42.0 Å². The van der Waals surface area contributed by atoms with E-state index in [9.17, 15) is 4.55 Å². The van der Waals surface area contributed by atoms with Crippen LogP contribution in [-0.4, -0.2) is 4.55 Å². The third kappa shape index (κ3) is 1.71. The summed E-state index contributed by atoms with van der Waals surface area (Å²) in [4.78, 5) is 0.932. The molecule has 0 fully saturated rings. The lowest BCUT2D eigenvalue weighted by Gasteiger charge is -2.05. The molecule has 1 N–H and O–H groups in total. The summed E-state index contributed by atoms with van der Waals surface area (Å²) in [7, 11) is 0. The highest BCUT2D eigenvalue weighted by Gasteiger charge is 2.32. The van der Waals surface area contributed by atoms with Crippen LogP contribution in [0.3, 0.4) is 0 Å². The van der Waals surface area contributed by atoms with E-state index >= 15 is 0 Å². The number of hydrogen-bond donors (Lipinski definition) is 1. The fourth-order valence-corrected chi connectivity index (χ4v) is 2.88. The van der Waals surface area contributed by atoms with Crippen molar-refractivity contribution in [2.75, 3.05) is 0 Å². The smallest absolute Gasteiger partial charge is 0.178 e. The van der Waals surface area contributed by atoms with Crippen LogP contribution >= 0.6 is 0 Å². The molecule has 0 aliphatic carbocycles. The first kappa shape index (κ1) is 9.77. The van der Waals surface area contributed by atoms with E-state index in [1.807, 2.05) is 37.3 Å². The fraction of sp³-hybridized carbons (Fsp3) is 0.273. The van der Waals surface area contributed by atoms with E-state index in [1.165, 1.54) is 5.56 Å². The fourth-order valence-electron chi connectivity index (χ4n) is 1.64. The molecule has 14 heavy (non-hydrogen) atoms. The first-order valence-corrected chi connectivity index (χ1v) is 5.86. The summed E-state index contributed by atoms with van der Waals surface area (Å²) in [5.74, 6) is 0. The Balaban J connectivity index is 2.25. The van der Waals surface area contributed by atoms with Gasteiger partial charge in [-0.05, 0) is 19.4 Å². The normalized spacial score (nSPS) is 25.6. The number of benzene rings is 1. The molecule has 0 aromatic heterocycles. The Bertz CT molecular complexity index is 351. The van der Waals surface area contributed by atoms with Gasteiger partial charge in [0.15, 0.2) is 4.90 Å². The van der Waals surface area contributed by atoms with Gasteiger partial charge in [0.2, 0.25) is 0 Å². The minimum Gasteiger partial charge on any atom is -0.593 e. The minimum absolute atomic E-state index is 0.211. The quantitative estimate of drug-likeness (QED) is 0.596. The largest absolute Gasteiger partial charge is 0.593 e. The molecule has 0 bridgehead atoms. The molecular weight excluding hydrogens is 194 g/mol. The van der Waals surface area contributed by atoms with Gasteiger partial charge in [0.05, 0.1) is 17.4 Å². The maximum absolute atomic E-state index is 11.6. The van der Waals surface area contributed by atoms with E-state index in [-0.39, 0.29) is 6.04 Å². The van der Waals surface area contributed by atoms with Crippen molar-refractivity contribution in [2.45, 2.75) is 24.3 Å². The van der Waals surface area contributed by atoms with E-state index in [4.69, 9.17) is 0 Å². The van der Waals surface area contributed by atoms with Gasteiger partial charge in [-0.2, -0.15) is 0 Å². The van der Waals surface area contributed by atoms with Crippen LogP contribution in [-0.2, 0) is 11.4 Å². The van der Waals surface area contributed by atoms with E-state index in [0.29, 0.717) is 0 Å². The first-order valence-electron chi connectivity index (χ1n) is 4.71. The van der Waals surface area contributed by atoms with E-state index in [2.05, 4.69) is 10.8 Å². The van der Waals surface area contributed by atoms with Crippen LogP contribution in [0, 0.1) is 0 Å². The first-order chi connectivity index (χ1) is 6.83. The standard InChI is InChI=1S/C11H13NOS/c1-2-3-7-10-9-6-4-5-8-11(9)14(13)12-10/h2-6,8,10,12H,7H2,1H3. The second-order valence-electron chi connectivity index (χ2n) is 3.28. The van der Waals surface area contributed by atoms with Crippen molar-refractivity contribution < 1.29 is 4.55 Å². The molecule has 74 valence electrons. The molecule has 1 aliphatic heterocycles. The molecule has 2 atom stereocenters. The molecule has 2 nitrogen and oxygen atoms in total. The van der Waals surface area contributed by atoms with Crippen LogP contribution in [0.25, 0.3) is 0 Å². The Morgan fingerprint density at radius 3 is 3.07 bits per heavy atom. The average Bonchev–Trinajstić information content (AvgIpc) is 2.54. The molecule has 0 saturated heterocycles. The number of nitrogens with one attached hydrogen (secondary N) is 1. The predicted molar refractivity (Wildman–Crippen MR) is 58.2 cm³/mol. The van der Waals surface area contributed by atoms with Crippen molar-refractivity contribution in [1.82, 2.24) is 4.72 Å². The summed E-state index contributed by atoms with van der Waals surface area (Å²) in [6.45, 7) is 2.00. The van der Waals surface area contributed by atoms with Crippen LogP contribution in [0.2, 0.25) is 0 Å². The monoisotopic (exact) mass is 207 g/mol. The molecule has 1 aromatic carbocycles. The second-order valence-corrected chi connectivity index (χ2v) is 4.49. The Morgan fingerprint density at radius 2 is 2.29 bits per heavy atom. The van der Waals surface area contributed by atoms with Gasteiger partial charge < -0.3 is 4.55 Å². The molecule has 3 heteroatoms. The lowest BCUT2D eigenvalue weighted by molar-refractivity contribution is 0.575. The Morgan fingerprint density at radius 1 is 1.50 bits per heavy atom. The highest BCUT2D eigenvalue weighted by molar-refractivity contribution is 7.89. The van der Waals surface area contributed by atoms with Gasteiger partial charge >= 0.3 is 0 Å². The minimum atomic E-state index is -1.02. The molecule has 0 amide bonds. The third-order valence-corrected chi connectivity index (χ3v) is 3.62. The molecule has 1 aromatic rings. The van der Waals surface area contributed by atoms with Gasteiger partial charge in [0.1, 0.15) is 0 Å². The molecular formula is C11H13NOS. The van der Waals surface area contributed by atoms with Crippen molar-refractivity contribution in [1.29, 1.82) is 0 Å². The molecule has 0 radical (unpaired) electrons. The highest BCUT2D eigenvalue weighted by Crippen LogP contribution is 2.32. The predicted octanol–water partition coefficient (Wildman–Crippen LogP) is 2.32. The molecule has 1 aliphatic rings. The van der Waals surface area contributed by atoms with Crippen LogP contribution in [0.5, 0.6) is 0 Å². The summed E-state index contributed by atoms with van der Waals surface area (Å²) in [5.41, 5.74) is 1.17. The van der Waals surface area contributed by atoms with Gasteiger partial charge in [-0.3, -0.25) is 0 Å². The zero-order valence-corrected chi connectivity index (χ0v) is 8.88.